The molecule has 0 amide bonds. The molecule has 3 aliphatic rings. The molecule has 2 aliphatic heterocycles. The maximum Gasteiger partial charge on any atom is 0.360 e. The number of hydrogen-bond donors (Lipinski definition) is 1. The van der Waals surface area contributed by atoms with Gasteiger partial charge in [0.25, 0.3) is 5.56 Å². The predicted octanol–water partition coefficient (Wildman–Crippen LogP) is 5.55. The van der Waals surface area contributed by atoms with E-state index in [1.165, 1.54) is 77.0 Å². The lowest BCUT2D eigenvalue weighted by molar-refractivity contribution is 0.0515. The van der Waals surface area contributed by atoms with E-state index in [4.69, 9.17) is 0 Å². The smallest absolute Gasteiger partial charge is 0.360 e. The van der Waals surface area contributed by atoms with Crippen LogP contribution in [-0.2, 0) is 0 Å². The summed E-state index contributed by atoms with van der Waals surface area (Å²) >= 11 is 0. The zero-order valence-electron chi connectivity index (χ0n) is 19.6. The number of carboxylic acid groups (broad SMARTS) is 1. The number of aromatic carboxylic acids is 1. The second kappa shape index (κ2) is 9.96. The lowest BCUT2D eigenvalue weighted by atomic mass is 9.91. The Labute approximate surface area is 196 Å². The normalized spacial score (nSPS) is 27.9. The van der Waals surface area contributed by atoms with Crippen molar-refractivity contribution in [1.82, 2.24) is 14.5 Å². The summed E-state index contributed by atoms with van der Waals surface area (Å²) in [4.78, 5) is 32.0. The van der Waals surface area contributed by atoms with Crippen LogP contribution in [0.1, 0.15) is 106 Å². The van der Waals surface area contributed by atoms with E-state index in [0.29, 0.717) is 23.6 Å². The number of para-hydroxylation sites is 2. The zero-order valence-corrected chi connectivity index (χ0v) is 19.6. The Bertz CT molecular complexity index is 1020. The SMILES string of the molecule is O=C(O)c1nc2ccccc2n(C2C[C@H]3CC[C@@H](C2)N3C2CCCCCCCCCC2)c1=O. The fourth-order valence-electron chi connectivity index (χ4n) is 6.91. The van der Waals surface area contributed by atoms with Crippen molar-refractivity contribution in [2.24, 2.45) is 0 Å². The molecule has 3 atom stereocenters. The summed E-state index contributed by atoms with van der Waals surface area (Å²) in [5.74, 6) is -1.24. The average Bonchev–Trinajstić information content (AvgIpc) is 3.04. The number of carboxylic acids is 1. The lowest BCUT2D eigenvalue weighted by Crippen LogP contribution is -2.50. The van der Waals surface area contributed by atoms with Crippen molar-refractivity contribution in [3.05, 3.63) is 40.3 Å². The van der Waals surface area contributed by atoms with Gasteiger partial charge in [-0.3, -0.25) is 9.69 Å². The Morgan fingerprint density at radius 3 is 1.97 bits per heavy atom. The number of aromatic nitrogens is 2. The minimum atomic E-state index is -1.24. The third-order valence-corrected chi connectivity index (χ3v) is 8.37. The van der Waals surface area contributed by atoms with Crippen LogP contribution in [0, 0.1) is 0 Å². The molecule has 2 aromatic rings. The quantitative estimate of drug-likeness (QED) is 0.662. The molecule has 1 aromatic carbocycles. The van der Waals surface area contributed by atoms with Crippen LogP contribution in [0.25, 0.3) is 11.0 Å². The van der Waals surface area contributed by atoms with E-state index in [0.717, 1.165) is 18.4 Å². The van der Waals surface area contributed by atoms with Gasteiger partial charge in [-0.25, -0.2) is 9.78 Å². The highest BCUT2D eigenvalue weighted by molar-refractivity contribution is 5.88. The first kappa shape index (κ1) is 22.6. The molecule has 1 aliphatic carbocycles. The summed E-state index contributed by atoms with van der Waals surface area (Å²) < 4.78 is 1.77. The third-order valence-electron chi connectivity index (χ3n) is 8.37. The van der Waals surface area contributed by atoms with Gasteiger partial charge in [0.1, 0.15) is 0 Å². The molecule has 5 rings (SSSR count). The van der Waals surface area contributed by atoms with Crippen LogP contribution in [0.2, 0.25) is 0 Å². The second-order valence-electron chi connectivity index (χ2n) is 10.4. The van der Waals surface area contributed by atoms with Crippen molar-refractivity contribution in [3.63, 3.8) is 0 Å². The number of carbonyl (C=O) groups is 1. The molecule has 1 N–H and O–H groups in total. The van der Waals surface area contributed by atoms with Crippen molar-refractivity contribution >= 4 is 17.0 Å². The fourth-order valence-corrected chi connectivity index (χ4v) is 6.91. The Hall–Kier alpha value is -2.21. The van der Waals surface area contributed by atoms with Crippen LogP contribution >= 0.6 is 0 Å². The lowest BCUT2D eigenvalue weighted by Gasteiger charge is -2.44. The van der Waals surface area contributed by atoms with Gasteiger partial charge < -0.3 is 9.67 Å². The molecule has 3 heterocycles. The van der Waals surface area contributed by atoms with E-state index in [1.54, 1.807) is 4.57 Å². The van der Waals surface area contributed by atoms with Crippen molar-refractivity contribution in [1.29, 1.82) is 0 Å². The topological polar surface area (TPSA) is 75.4 Å². The predicted molar refractivity (Wildman–Crippen MR) is 130 cm³/mol. The van der Waals surface area contributed by atoms with Crippen molar-refractivity contribution < 1.29 is 9.90 Å². The van der Waals surface area contributed by atoms with Gasteiger partial charge in [-0.2, -0.15) is 0 Å². The molecule has 33 heavy (non-hydrogen) atoms. The maximum atomic E-state index is 13.2. The summed E-state index contributed by atoms with van der Waals surface area (Å²) in [5, 5.41) is 9.60. The van der Waals surface area contributed by atoms with Gasteiger partial charge >= 0.3 is 5.97 Å². The molecule has 3 fully saturated rings. The number of rotatable bonds is 3. The van der Waals surface area contributed by atoms with Gasteiger partial charge in [0, 0.05) is 24.2 Å². The van der Waals surface area contributed by atoms with Gasteiger partial charge in [0.05, 0.1) is 11.0 Å². The summed E-state index contributed by atoms with van der Waals surface area (Å²) in [6, 6.07) is 9.18. The molecule has 1 saturated carbocycles. The van der Waals surface area contributed by atoms with Gasteiger partial charge in [-0.05, 0) is 50.7 Å². The van der Waals surface area contributed by atoms with E-state index in [-0.39, 0.29) is 11.7 Å². The molecule has 2 bridgehead atoms. The fraction of sp³-hybridized carbons (Fsp3) is 0.667. The number of fused-ring (bicyclic) bond motifs is 3. The standard InChI is InChI=1S/C27H37N3O3/c31-26-25(27(32)33)28-23-13-9-10-14-24(23)30(26)22-17-20-15-16-21(18-22)29(20)19-11-7-5-3-1-2-4-6-8-12-19/h9-10,13-14,19-22H,1-8,11-12,15-18H2,(H,32,33)/t20-,21+,22?. The molecule has 6 heteroatoms. The van der Waals surface area contributed by atoms with Crippen LogP contribution in [0.5, 0.6) is 0 Å². The number of hydrogen-bond acceptors (Lipinski definition) is 4. The van der Waals surface area contributed by atoms with Gasteiger partial charge in [0.2, 0.25) is 5.69 Å². The second-order valence-corrected chi connectivity index (χ2v) is 10.4. The van der Waals surface area contributed by atoms with Crippen LogP contribution in [0.3, 0.4) is 0 Å². The summed E-state index contributed by atoms with van der Waals surface area (Å²) in [6.07, 6.45) is 17.8. The van der Waals surface area contributed by atoms with Crippen LogP contribution in [0.4, 0.5) is 0 Å². The zero-order chi connectivity index (χ0) is 22.8. The molecular weight excluding hydrogens is 414 g/mol. The molecule has 1 unspecified atom stereocenters. The molecule has 0 radical (unpaired) electrons. The van der Waals surface area contributed by atoms with Crippen molar-refractivity contribution in [3.8, 4) is 0 Å². The highest BCUT2D eigenvalue weighted by Crippen LogP contribution is 2.44. The summed E-state index contributed by atoms with van der Waals surface area (Å²) in [6.45, 7) is 0. The van der Waals surface area contributed by atoms with E-state index < -0.39 is 11.5 Å². The highest BCUT2D eigenvalue weighted by atomic mass is 16.4. The average molecular weight is 452 g/mol. The van der Waals surface area contributed by atoms with Gasteiger partial charge in [-0.1, -0.05) is 63.5 Å². The van der Waals surface area contributed by atoms with Gasteiger partial charge in [0.15, 0.2) is 0 Å². The first-order valence-electron chi connectivity index (χ1n) is 13.2. The Morgan fingerprint density at radius 1 is 0.788 bits per heavy atom. The molecule has 0 spiro atoms. The summed E-state index contributed by atoms with van der Waals surface area (Å²) in [5.41, 5.74) is 0.550. The minimum Gasteiger partial charge on any atom is -0.476 e. The van der Waals surface area contributed by atoms with E-state index in [2.05, 4.69) is 9.88 Å². The molecule has 1 aromatic heterocycles. The Morgan fingerprint density at radius 2 is 1.36 bits per heavy atom. The van der Waals surface area contributed by atoms with Crippen LogP contribution in [0.15, 0.2) is 29.1 Å². The maximum absolute atomic E-state index is 13.2. The first-order chi connectivity index (χ1) is 16.1. The summed E-state index contributed by atoms with van der Waals surface area (Å²) in [7, 11) is 0. The number of benzene rings is 1. The molecular formula is C27H37N3O3. The Kier molecular flexibility index (Phi) is 6.81. The first-order valence-corrected chi connectivity index (χ1v) is 13.2. The number of piperidine rings is 1. The van der Waals surface area contributed by atoms with E-state index in [9.17, 15) is 14.7 Å². The van der Waals surface area contributed by atoms with Crippen molar-refractivity contribution in [2.45, 2.75) is 114 Å². The number of nitrogens with zero attached hydrogens (tertiary/aromatic N) is 3. The van der Waals surface area contributed by atoms with Crippen LogP contribution in [-0.4, -0.2) is 43.7 Å². The van der Waals surface area contributed by atoms with Crippen molar-refractivity contribution in [2.75, 3.05) is 0 Å². The Balaban J connectivity index is 1.41. The van der Waals surface area contributed by atoms with E-state index in [1.807, 2.05) is 24.3 Å². The third kappa shape index (κ3) is 4.59. The van der Waals surface area contributed by atoms with Gasteiger partial charge in [-0.15, -0.1) is 0 Å². The molecule has 178 valence electrons. The molecule has 6 nitrogen and oxygen atoms in total. The monoisotopic (exact) mass is 451 g/mol. The minimum absolute atomic E-state index is 0.0417. The van der Waals surface area contributed by atoms with Crippen LogP contribution < -0.4 is 5.56 Å². The molecule has 2 saturated heterocycles. The largest absolute Gasteiger partial charge is 0.476 e. The van der Waals surface area contributed by atoms with E-state index >= 15 is 0 Å². The highest BCUT2D eigenvalue weighted by Gasteiger charge is 2.44.